The van der Waals surface area contributed by atoms with Gasteiger partial charge in [-0.15, -0.1) is 0 Å². The Bertz CT molecular complexity index is 70.8. The summed E-state index contributed by atoms with van der Waals surface area (Å²) in [5, 5.41) is 0. The number of halogens is 2. The Labute approximate surface area is 59.1 Å². The van der Waals surface area contributed by atoms with Crippen molar-refractivity contribution in [3.05, 3.63) is 0 Å². The molecule has 0 heterocycles. The molecule has 1 atom stereocenters. The molecule has 0 bridgehead atoms. The molecule has 62 valence electrons. The first kappa shape index (κ1) is 9.78. The van der Waals surface area contributed by atoms with Crippen LogP contribution in [-0.4, -0.2) is 32.9 Å². The summed E-state index contributed by atoms with van der Waals surface area (Å²) in [6.07, 6.45) is -1.42. The number of alkyl halides is 2. The van der Waals surface area contributed by atoms with E-state index in [2.05, 4.69) is 9.47 Å². The fourth-order valence-corrected chi connectivity index (χ4v) is 0.460. The lowest BCUT2D eigenvalue weighted by Crippen LogP contribution is -2.15. The monoisotopic (exact) mass is 154 g/mol. The van der Waals surface area contributed by atoms with Crippen molar-refractivity contribution in [1.29, 1.82) is 0 Å². The molecule has 0 saturated heterocycles. The third-order valence-electron chi connectivity index (χ3n) is 0.818. The number of hydrogen-bond acceptors (Lipinski definition) is 2. The van der Waals surface area contributed by atoms with Crippen molar-refractivity contribution >= 4 is 0 Å². The van der Waals surface area contributed by atoms with E-state index in [9.17, 15) is 8.78 Å². The van der Waals surface area contributed by atoms with E-state index in [4.69, 9.17) is 0 Å². The molecule has 1 unspecified atom stereocenters. The van der Waals surface area contributed by atoms with Crippen molar-refractivity contribution in [3.63, 3.8) is 0 Å². The van der Waals surface area contributed by atoms with E-state index >= 15 is 0 Å². The van der Waals surface area contributed by atoms with Crippen LogP contribution in [0.1, 0.15) is 6.92 Å². The first-order chi connectivity index (χ1) is 4.81. The Kier molecular flexibility index (Phi) is 6.74. The lowest BCUT2D eigenvalue weighted by Gasteiger charge is -2.06. The average molecular weight is 154 g/mol. The summed E-state index contributed by atoms with van der Waals surface area (Å²) in [4.78, 5) is 0. The Morgan fingerprint density at radius 1 is 1.50 bits per heavy atom. The Morgan fingerprint density at radius 3 is 2.70 bits per heavy atom. The van der Waals surface area contributed by atoms with E-state index in [-0.39, 0.29) is 13.2 Å². The van der Waals surface area contributed by atoms with Gasteiger partial charge in [-0.3, -0.25) is 0 Å². The Hall–Kier alpha value is -0.220. The summed E-state index contributed by atoms with van der Waals surface area (Å²) in [5.74, 6) is 0. The lowest BCUT2D eigenvalue weighted by atomic mass is 10.7. The minimum Gasteiger partial charge on any atom is -0.373 e. The predicted molar refractivity (Wildman–Crippen MR) is 33.3 cm³/mol. The Morgan fingerprint density at radius 2 is 2.20 bits per heavy atom. The van der Waals surface area contributed by atoms with Crippen LogP contribution in [0, 0.1) is 0 Å². The number of rotatable bonds is 6. The van der Waals surface area contributed by atoms with Crippen LogP contribution in [0.4, 0.5) is 8.78 Å². The topological polar surface area (TPSA) is 18.5 Å². The number of ether oxygens (including phenoxy) is 2. The highest BCUT2D eigenvalue weighted by molar-refractivity contribution is 4.36. The molecule has 0 radical (unpaired) electrons. The van der Waals surface area contributed by atoms with Crippen LogP contribution in [0.2, 0.25) is 0 Å². The molecule has 0 saturated carbocycles. The summed E-state index contributed by atoms with van der Waals surface area (Å²) in [6.45, 7) is 1.16. The van der Waals surface area contributed by atoms with Gasteiger partial charge in [0.15, 0.2) is 0 Å². The van der Waals surface area contributed by atoms with Gasteiger partial charge in [-0.1, -0.05) is 0 Å². The molecule has 0 spiro atoms. The van der Waals surface area contributed by atoms with Gasteiger partial charge >= 0.3 is 0 Å². The fourth-order valence-electron chi connectivity index (χ4n) is 0.460. The summed E-state index contributed by atoms with van der Waals surface area (Å²) >= 11 is 0. The smallest absolute Gasteiger partial charge is 0.222 e. The molecule has 0 fully saturated rings. The van der Waals surface area contributed by atoms with Gasteiger partial charge in [0.05, 0.1) is 6.61 Å². The third-order valence-corrected chi connectivity index (χ3v) is 0.818. The highest BCUT2D eigenvalue weighted by Gasteiger charge is 2.03. The van der Waals surface area contributed by atoms with E-state index in [1.807, 2.05) is 0 Å². The van der Waals surface area contributed by atoms with Gasteiger partial charge in [-0.2, -0.15) is 0 Å². The molecule has 4 heteroatoms. The molecule has 0 N–H and O–H groups in total. The molecule has 10 heavy (non-hydrogen) atoms. The maximum Gasteiger partial charge on any atom is 0.222 e. The van der Waals surface area contributed by atoms with Crippen molar-refractivity contribution in [1.82, 2.24) is 0 Å². The zero-order chi connectivity index (χ0) is 7.82. The zero-order valence-corrected chi connectivity index (χ0v) is 5.98. The predicted octanol–water partition coefficient (Wildman–Crippen LogP) is 1.30. The van der Waals surface area contributed by atoms with E-state index in [1.54, 1.807) is 6.92 Å². The number of hydrogen-bond donors (Lipinski definition) is 0. The van der Waals surface area contributed by atoms with Crippen molar-refractivity contribution in [3.8, 4) is 0 Å². The molecular weight excluding hydrogens is 142 g/mol. The van der Waals surface area contributed by atoms with E-state index in [0.29, 0.717) is 6.61 Å². The molecule has 0 aliphatic rings. The van der Waals surface area contributed by atoms with Crippen LogP contribution >= 0.6 is 0 Å². The molecule has 0 aromatic heterocycles. The summed E-state index contributed by atoms with van der Waals surface area (Å²) in [5.41, 5.74) is 0. The van der Waals surface area contributed by atoms with Gasteiger partial charge in [-0.25, -0.2) is 8.78 Å². The fraction of sp³-hybridized carbons (Fsp3) is 1.00. The molecule has 0 aromatic carbocycles. The normalized spacial score (nSPS) is 13.5. The van der Waals surface area contributed by atoms with Crippen LogP contribution in [0.15, 0.2) is 0 Å². The minimum absolute atomic E-state index is 0.0620. The van der Waals surface area contributed by atoms with Gasteiger partial charge in [-0.05, 0) is 6.92 Å². The first-order valence-electron chi connectivity index (χ1n) is 3.20. The van der Waals surface area contributed by atoms with Gasteiger partial charge < -0.3 is 9.47 Å². The largest absolute Gasteiger partial charge is 0.373 e. The second kappa shape index (κ2) is 6.89. The SMILES string of the molecule is CCOC(F)COCCF. The zero-order valence-electron chi connectivity index (χ0n) is 5.98. The van der Waals surface area contributed by atoms with Crippen molar-refractivity contribution in [2.45, 2.75) is 13.3 Å². The minimum atomic E-state index is -1.42. The van der Waals surface area contributed by atoms with Crippen LogP contribution < -0.4 is 0 Å². The van der Waals surface area contributed by atoms with Crippen molar-refractivity contribution < 1.29 is 18.3 Å². The van der Waals surface area contributed by atoms with E-state index in [1.165, 1.54) is 0 Å². The Balaban J connectivity index is 2.97. The quantitative estimate of drug-likeness (QED) is 0.537. The molecule has 0 aromatic rings. The van der Waals surface area contributed by atoms with Gasteiger partial charge in [0, 0.05) is 6.61 Å². The van der Waals surface area contributed by atoms with E-state index in [0.717, 1.165) is 0 Å². The first-order valence-corrected chi connectivity index (χ1v) is 3.20. The van der Waals surface area contributed by atoms with E-state index < -0.39 is 13.0 Å². The molecular formula is C6H12F2O2. The molecule has 0 amide bonds. The van der Waals surface area contributed by atoms with Crippen LogP contribution in [-0.2, 0) is 9.47 Å². The second-order valence-electron chi connectivity index (χ2n) is 1.63. The molecule has 0 aliphatic carbocycles. The van der Waals surface area contributed by atoms with Gasteiger partial charge in [0.2, 0.25) is 6.36 Å². The maximum absolute atomic E-state index is 12.3. The van der Waals surface area contributed by atoms with Crippen LogP contribution in [0.5, 0.6) is 0 Å². The maximum atomic E-state index is 12.3. The molecule has 0 aliphatic heterocycles. The highest BCUT2D eigenvalue weighted by atomic mass is 19.1. The molecule has 0 rings (SSSR count). The van der Waals surface area contributed by atoms with Gasteiger partial charge in [0.25, 0.3) is 0 Å². The van der Waals surface area contributed by atoms with Crippen LogP contribution in [0.3, 0.4) is 0 Å². The summed E-state index contributed by atoms with van der Waals surface area (Å²) < 4.78 is 32.6. The summed E-state index contributed by atoms with van der Waals surface area (Å²) in [6, 6.07) is 0. The van der Waals surface area contributed by atoms with Gasteiger partial charge in [0.1, 0.15) is 13.3 Å². The highest BCUT2D eigenvalue weighted by Crippen LogP contribution is 1.93. The van der Waals surface area contributed by atoms with Crippen molar-refractivity contribution in [2.75, 3.05) is 26.5 Å². The summed E-state index contributed by atoms with van der Waals surface area (Å²) in [7, 11) is 0. The second-order valence-corrected chi connectivity index (χ2v) is 1.63. The lowest BCUT2D eigenvalue weighted by molar-refractivity contribution is -0.0850. The van der Waals surface area contributed by atoms with Crippen molar-refractivity contribution in [2.24, 2.45) is 0 Å². The van der Waals surface area contributed by atoms with Crippen LogP contribution in [0.25, 0.3) is 0 Å². The average Bonchev–Trinajstić information content (AvgIpc) is 1.89. The standard InChI is InChI=1S/C6H12F2O2/c1-2-10-6(8)5-9-4-3-7/h6H,2-5H2,1H3. The third kappa shape index (κ3) is 5.91. The molecule has 2 nitrogen and oxygen atoms in total.